The number of carboxylic acid groups (broad SMARTS) is 1. The normalized spacial score (nSPS) is 21.3. The number of carbonyl (C=O) groups is 2. The van der Waals surface area contributed by atoms with Crippen LogP contribution in [-0.2, 0) is 20.9 Å². The molecule has 1 N–H and O–H groups in total. The standard InChI is InChI=1S/C14H15BrClNO4/c1-17(7-8-2-3-9(15)6-10(8)16)13(18)11-4-5-12(21-11)14(19)20/h2-3,6,11-12H,4-5,7H2,1H3,(H,19,20)/t11-,12+/m0/s1. The van der Waals surface area contributed by atoms with Crippen molar-refractivity contribution in [2.45, 2.75) is 31.6 Å². The van der Waals surface area contributed by atoms with Crippen LogP contribution in [0.2, 0.25) is 5.02 Å². The van der Waals surface area contributed by atoms with Crippen LogP contribution in [0.5, 0.6) is 0 Å². The first kappa shape index (κ1) is 16.3. The Hall–Kier alpha value is -1.11. The number of carbonyl (C=O) groups excluding carboxylic acids is 1. The molecule has 2 atom stereocenters. The fraction of sp³-hybridized carbons (Fsp3) is 0.429. The lowest BCUT2D eigenvalue weighted by Gasteiger charge is -2.21. The van der Waals surface area contributed by atoms with Crippen LogP contribution in [0.3, 0.4) is 0 Å². The molecule has 21 heavy (non-hydrogen) atoms. The Morgan fingerprint density at radius 2 is 2.10 bits per heavy atom. The summed E-state index contributed by atoms with van der Waals surface area (Å²) in [6.07, 6.45) is -0.790. The highest BCUT2D eigenvalue weighted by Gasteiger charge is 2.36. The van der Waals surface area contributed by atoms with Crippen molar-refractivity contribution in [3.63, 3.8) is 0 Å². The van der Waals surface area contributed by atoms with E-state index in [-0.39, 0.29) is 5.91 Å². The minimum absolute atomic E-state index is 0.224. The maximum absolute atomic E-state index is 12.3. The maximum Gasteiger partial charge on any atom is 0.332 e. The van der Waals surface area contributed by atoms with Gasteiger partial charge >= 0.3 is 5.97 Å². The van der Waals surface area contributed by atoms with Crippen LogP contribution in [0.15, 0.2) is 22.7 Å². The molecule has 1 amide bonds. The molecule has 1 saturated heterocycles. The average molecular weight is 377 g/mol. The van der Waals surface area contributed by atoms with Gasteiger partial charge in [-0.05, 0) is 30.5 Å². The number of hydrogen-bond donors (Lipinski definition) is 1. The Labute approximate surface area is 136 Å². The maximum atomic E-state index is 12.3. The molecule has 1 aliphatic rings. The van der Waals surface area contributed by atoms with Crippen molar-refractivity contribution in [2.75, 3.05) is 7.05 Å². The van der Waals surface area contributed by atoms with Gasteiger partial charge in [0, 0.05) is 23.1 Å². The number of benzene rings is 1. The van der Waals surface area contributed by atoms with E-state index in [4.69, 9.17) is 21.4 Å². The van der Waals surface area contributed by atoms with Gasteiger partial charge in [0.05, 0.1) is 0 Å². The fourth-order valence-electron chi connectivity index (χ4n) is 2.23. The first-order chi connectivity index (χ1) is 9.88. The second-order valence-electron chi connectivity index (χ2n) is 4.96. The van der Waals surface area contributed by atoms with Gasteiger partial charge in [-0.3, -0.25) is 4.79 Å². The van der Waals surface area contributed by atoms with Gasteiger partial charge in [-0.25, -0.2) is 4.79 Å². The Bertz CT molecular complexity index is 566. The van der Waals surface area contributed by atoms with E-state index in [0.717, 1.165) is 10.0 Å². The highest BCUT2D eigenvalue weighted by atomic mass is 79.9. The molecule has 0 saturated carbocycles. The summed E-state index contributed by atoms with van der Waals surface area (Å²) >= 11 is 9.45. The molecule has 0 unspecified atom stereocenters. The zero-order valence-electron chi connectivity index (χ0n) is 11.4. The predicted octanol–water partition coefficient (Wildman–Crippen LogP) is 2.69. The van der Waals surface area contributed by atoms with Crippen molar-refractivity contribution in [2.24, 2.45) is 0 Å². The number of nitrogens with zero attached hydrogens (tertiary/aromatic N) is 1. The third kappa shape index (κ3) is 3.96. The summed E-state index contributed by atoms with van der Waals surface area (Å²) < 4.78 is 6.13. The second kappa shape index (κ2) is 6.77. The number of carboxylic acids is 1. The summed E-state index contributed by atoms with van der Waals surface area (Å²) in [7, 11) is 1.65. The SMILES string of the molecule is CN(Cc1ccc(Br)cc1Cl)C(=O)[C@@H]1CC[C@H](C(=O)O)O1. The smallest absolute Gasteiger partial charge is 0.332 e. The summed E-state index contributed by atoms with van der Waals surface area (Å²) in [5.74, 6) is -1.25. The second-order valence-corrected chi connectivity index (χ2v) is 6.28. The lowest BCUT2D eigenvalue weighted by atomic mass is 10.1. The van der Waals surface area contributed by atoms with Gasteiger partial charge in [-0.15, -0.1) is 0 Å². The minimum atomic E-state index is -1.02. The molecule has 0 aromatic heterocycles. The van der Waals surface area contributed by atoms with E-state index in [0.29, 0.717) is 24.4 Å². The summed E-state index contributed by atoms with van der Waals surface area (Å²) in [6.45, 7) is 0.350. The van der Waals surface area contributed by atoms with Crippen molar-refractivity contribution >= 4 is 39.4 Å². The Morgan fingerprint density at radius 3 is 2.67 bits per heavy atom. The topological polar surface area (TPSA) is 66.8 Å². The van der Waals surface area contributed by atoms with Gasteiger partial charge < -0.3 is 14.7 Å². The van der Waals surface area contributed by atoms with E-state index in [2.05, 4.69) is 15.9 Å². The molecular formula is C14H15BrClNO4. The Morgan fingerprint density at radius 1 is 1.43 bits per heavy atom. The molecule has 1 aromatic rings. The third-order valence-electron chi connectivity index (χ3n) is 3.37. The summed E-state index contributed by atoms with van der Waals surface area (Å²) in [5, 5.41) is 9.45. The number of aliphatic carboxylic acids is 1. The van der Waals surface area contributed by atoms with Crippen LogP contribution >= 0.6 is 27.5 Å². The van der Waals surface area contributed by atoms with Crippen molar-refractivity contribution in [1.29, 1.82) is 0 Å². The van der Waals surface area contributed by atoms with Gasteiger partial charge in [0.2, 0.25) is 0 Å². The van der Waals surface area contributed by atoms with E-state index >= 15 is 0 Å². The number of ether oxygens (including phenoxy) is 1. The monoisotopic (exact) mass is 375 g/mol. The molecule has 114 valence electrons. The van der Waals surface area contributed by atoms with Crippen LogP contribution in [0.1, 0.15) is 18.4 Å². The van der Waals surface area contributed by atoms with Crippen LogP contribution in [-0.4, -0.2) is 41.1 Å². The zero-order valence-corrected chi connectivity index (χ0v) is 13.7. The molecule has 1 fully saturated rings. The molecule has 0 radical (unpaired) electrons. The zero-order chi connectivity index (χ0) is 15.6. The lowest BCUT2D eigenvalue weighted by Crippen LogP contribution is -2.36. The summed E-state index contributed by atoms with van der Waals surface area (Å²) in [4.78, 5) is 24.6. The van der Waals surface area contributed by atoms with Crippen LogP contribution in [0.25, 0.3) is 0 Å². The van der Waals surface area contributed by atoms with Gasteiger partial charge in [-0.2, -0.15) is 0 Å². The highest BCUT2D eigenvalue weighted by Crippen LogP contribution is 2.25. The quantitative estimate of drug-likeness (QED) is 0.877. The lowest BCUT2D eigenvalue weighted by molar-refractivity contribution is -0.154. The molecule has 1 aromatic carbocycles. The molecule has 1 aliphatic heterocycles. The number of amides is 1. The molecule has 0 spiro atoms. The Balaban J connectivity index is 1.98. The first-order valence-corrected chi connectivity index (χ1v) is 7.62. The van der Waals surface area contributed by atoms with Crippen LogP contribution in [0.4, 0.5) is 0 Å². The summed E-state index contributed by atoms with van der Waals surface area (Å²) in [6, 6.07) is 5.46. The van der Waals surface area contributed by atoms with Gasteiger partial charge in [0.1, 0.15) is 6.10 Å². The van der Waals surface area contributed by atoms with Gasteiger partial charge in [0.15, 0.2) is 6.10 Å². The molecule has 7 heteroatoms. The number of rotatable bonds is 4. The van der Waals surface area contributed by atoms with Crippen molar-refractivity contribution in [3.8, 4) is 0 Å². The molecule has 0 aliphatic carbocycles. The highest BCUT2D eigenvalue weighted by molar-refractivity contribution is 9.10. The molecule has 0 bridgehead atoms. The van der Waals surface area contributed by atoms with E-state index < -0.39 is 18.2 Å². The molecular weight excluding hydrogens is 362 g/mol. The van der Waals surface area contributed by atoms with E-state index in [1.807, 2.05) is 12.1 Å². The van der Waals surface area contributed by atoms with Crippen molar-refractivity contribution in [3.05, 3.63) is 33.3 Å². The number of hydrogen-bond acceptors (Lipinski definition) is 3. The van der Waals surface area contributed by atoms with Crippen molar-refractivity contribution < 1.29 is 19.4 Å². The van der Waals surface area contributed by atoms with Gasteiger partial charge in [0.25, 0.3) is 5.91 Å². The minimum Gasteiger partial charge on any atom is -0.479 e. The summed E-state index contributed by atoms with van der Waals surface area (Å²) in [5.41, 5.74) is 0.823. The van der Waals surface area contributed by atoms with E-state index in [9.17, 15) is 9.59 Å². The van der Waals surface area contributed by atoms with Gasteiger partial charge in [-0.1, -0.05) is 33.6 Å². The number of halogens is 2. The third-order valence-corrected chi connectivity index (χ3v) is 4.21. The molecule has 1 heterocycles. The molecule has 2 rings (SSSR count). The first-order valence-electron chi connectivity index (χ1n) is 6.45. The van der Waals surface area contributed by atoms with Crippen molar-refractivity contribution in [1.82, 2.24) is 4.90 Å². The molecule has 5 nitrogen and oxygen atoms in total. The Kier molecular flexibility index (Phi) is 5.24. The fourth-order valence-corrected chi connectivity index (χ4v) is 2.96. The van der Waals surface area contributed by atoms with Crippen LogP contribution in [0, 0.1) is 0 Å². The van der Waals surface area contributed by atoms with E-state index in [1.165, 1.54) is 4.90 Å². The number of likely N-dealkylation sites (N-methyl/N-ethyl adjacent to an activating group) is 1. The predicted molar refractivity (Wildman–Crippen MR) is 81.2 cm³/mol. The average Bonchev–Trinajstić information content (AvgIpc) is 2.90. The van der Waals surface area contributed by atoms with Crippen LogP contribution < -0.4 is 0 Å². The van der Waals surface area contributed by atoms with E-state index in [1.54, 1.807) is 13.1 Å². The largest absolute Gasteiger partial charge is 0.479 e.